The fraction of sp³-hybridized carbons (Fsp3) is 0.400. The lowest BCUT2D eigenvalue weighted by Crippen LogP contribution is -2.16. The molecule has 0 radical (unpaired) electrons. The number of benzene rings is 1. The molecule has 1 aromatic rings. The third-order valence-electron chi connectivity index (χ3n) is 2.21. The predicted octanol–water partition coefficient (Wildman–Crippen LogP) is 1.66. The zero-order valence-electron chi connectivity index (χ0n) is 8.45. The zero-order chi connectivity index (χ0) is 10.7. The van der Waals surface area contributed by atoms with Gasteiger partial charge < -0.3 is 14.7 Å². The van der Waals surface area contributed by atoms with Crippen LogP contribution in [-0.2, 0) is 6.54 Å². The lowest BCUT2D eigenvalue weighted by molar-refractivity contribution is 0.158. The summed E-state index contributed by atoms with van der Waals surface area (Å²) >= 11 is 1.62. The van der Waals surface area contributed by atoms with E-state index in [2.05, 4.69) is 5.48 Å². The molecule has 0 unspecified atom stereocenters. The Balaban J connectivity index is 2.37. The van der Waals surface area contributed by atoms with E-state index in [-0.39, 0.29) is 0 Å². The van der Waals surface area contributed by atoms with Gasteiger partial charge in [0.25, 0.3) is 0 Å². The molecular weight excluding hydrogens is 214 g/mol. The Bertz CT molecular complexity index is 357. The van der Waals surface area contributed by atoms with Gasteiger partial charge in [-0.25, -0.2) is 5.48 Å². The van der Waals surface area contributed by atoms with Crippen molar-refractivity contribution in [1.29, 1.82) is 0 Å². The second-order valence-electron chi connectivity index (χ2n) is 3.14. The van der Waals surface area contributed by atoms with Crippen molar-refractivity contribution >= 4 is 11.8 Å². The molecular formula is C10H13NO3S. The Morgan fingerprint density at radius 3 is 2.60 bits per heavy atom. The SMILES string of the molecule is CSc1cc2c(cc1CNO)OCCO2. The summed E-state index contributed by atoms with van der Waals surface area (Å²) in [5.41, 5.74) is 3.16. The molecule has 2 N–H and O–H groups in total. The minimum atomic E-state index is 0.410. The molecule has 0 atom stereocenters. The Morgan fingerprint density at radius 2 is 2.00 bits per heavy atom. The van der Waals surface area contributed by atoms with Gasteiger partial charge in [0, 0.05) is 11.4 Å². The number of rotatable bonds is 3. The first-order valence-electron chi connectivity index (χ1n) is 4.68. The normalized spacial score (nSPS) is 14.0. The molecule has 15 heavy (non-hydrogen) atoms. The topological polar surface area (TPSA) is 50.7 Å². The van der Waals surface area contributed by atoms with Crippen LogP contribution >= 0.6 is 11.8 Å². The lowest BCUT2D eigenvalue weighted by Gasteiger charge is -2.20. The fourth-order valence-electron chi connectivity index (χ4n) is 1.53. The van der Waals surface area contributed by atoms with Gasteiger partial charge >= 0.3 is 0 Å². The number of fused-ring (bicyclic) bond motifs is 1. The molecule has 0 bridgehead atoms. The average Bonchev–Trinajstić information content (AvgIpc) is 2.28. The van der Waals surface area contributed by atoms with E-state index in [1.807, 2.05) is 18.4 Å². The summed E-state index contributed by atoms with van der Waals surface area (Å²) in [6.07, 6.45) is 1.99. The number of ether oxygens (including phenoxy) is 2. The van der Waals surface area contributed by atoms with Crippen LogP contribution < -0.4 is 15.0 Å². The number of thioether (sulfide) groups is 1. The summed E-state index contributed by atoms with van der Waals surface area (Å²) < 4.78 is 10.9. The van der Waals surface area contributed by atoms with Crippen molar-refractivity contribution in [3.05, 3.63) is 17.7 Å². The molecule has 1 aliphatic heterocycles. The molecule has 1 aromatic carbocycles. The van der Waals surface area contributed by atoms with E-state index < -0.39 is 0 Å². The monoisotopic (exact) mass is 227 g/mol. The highest BCUT2D eigenvalue weighted by atomic mass is 32.2. The van der Waals surface area contributed by atoms with Gasteiger partial charge in [-0.15, -0.1) is 11.8 Å². The van der Waals surface area contributed by atoms with Crippen molar-refractivity contribution in [2.75, 3.05) is 19.5 Å². The average molecular weight is 227 g/mol. The first-order chi connectivity index (χ1) is 7.35. The molecule has 0 saturated carbocycles. The van der Waals surface area contributed by atoms with Crippen molar-refractivity contribution in [2.45, 2.75) is 11.4 Å². The molecule has 2 rings (SSSR count). The van der Waals surface area contributed by atoms with E-state index in [1.165, 1.54) is 0 Å². The van der Waals surface area contributed by atoms with E-state index in [0.29, 0.717) is 19.8 Å². The highest BCUT2D eigenvalue weighted by molar-refractivity contribution is 7.98. The summed E-state index contributed by atoms with van der Waals surface area (Å²) in [6, 6.07) is 3.86. The smallest absolute Gasteiger partial charge is 0.162 e. The van der Waals surface area contributed by atoms with Gasteiger partial charge in [-0.3, -0.25) is 0 Å². The van der Waals surface area contributed by atoms with Gasteiger partial charge in [0.1, 0.15) is 13.2 Å². The molecule has 0 fully saturated rings. The first kappa shape index (κ1) is 10.6. The molecule has 4 nitrogen and oxygen atoms in total. The van der Waals surface area contributed by atoms with E-state index in [4.69, 9.17) is 14.7 Å². The van der Waals surface area contributed by atoms with Crippen molar-refractivity contribution < 1.29 is 14.7 Å². The second kappa shape index (κ2) is 4.74. The fourth-order valence-corrected chi connectivity index (χ4v) is 2.14. The van der Waals surface area contributed by atoms with E-state index in [1.54, 1.807) is 11.8 Å². The molecule has 0 aliphatic carbocycles. The lowest BCUT2D eigenvalue weighted by atomic mass is 10.2. The van der Waals surface area contributed by atoms with Crippen LogP contribution in [0.4, 0.5) is 0 Å². The quantitative estimate of drug-likeness (QED) is 0.607. The highest BCUT2D eigenvalue weighted by Gasteiger charge is 2.15. The molecule has 82 valence electrons. The van der Waals surface area contributed by atoms with Gasteiger partial charge in [-0.1, -0.05) is 0 Å². The van der Waals surface area contributed by atoms with Crippen molar-refractivity contribution in [2.24, 2.45) is 0 Å². The Kier molecular flexibility index (Phi) is 3.35. The van der Waals surface area contributed by atoms with E-state index in [9.17, 15) is 0 Å². The van der Waals surface area contributed by atoms with Crippen LogP contribution in [0.1, 0.15) is 5.56 Å². The minimum absolute atomic E-state index is 0.410. The highest BCUT2D eigenvalue weighted by Crippen LogP contribution is 2.36. The number of nitrogens with one attached hydrogen (secondary N) is 1. The first-order valence-corrected chi connectivity index (χ1v) is 5.91. The van der Waals surface area contributed by atoms with E-state index >= 15 is 0 Å². The summed E-state index contributed by atoms with van der Waals surface area (Å²) in [5, 5.41) is 8.71. The maximum absolute atomic E-state index is 8.71. The molecule has 0 aromatic heterocycles. The molecule has 0 spiro atoms. The summed E-state index contributed by atoms with van der Waals surface area (Å²) in [4.78, 5) is 1.08. The summed E-state index contributed by atoms with van der Waals surface area (Å²) in [7, 11) is 0. The Morgan fingerprint density at radius 1 is 1.33 bits per heavy atom. The van der Waals surface area contributed by atoms with Gasteiger partial charge in [-0.2, -0.15) is 0 Å². The third-order valence-corrected chi connectivity index (χ3v) is 3.03. The van der Waals surface area contributed by atoms with Crippen molar-refractivity contribution in [3.8, 4) is 11.5 Å². The second-order valence-corrected chi connectivity index (χ2v) is 3.99. The third kappa shape index (κ3) is 2.19. The van der Waals surface area contributed by atoms with Gasteiger partial charge in [0.05, 0.1) is 0 Å². The van der Waals surface area contributed by atoms with Crippen molar-refractivity contribution in [3.63, 3.8) is 0 Å². The molecule has 1 heterocycles. The number of hydrogen-bond acceptors (Lipinski definition) is 5. The predicted molar refractivity (Wildman–Crippen MR) is 57.8 cm³/mol. The molecule has 0 amide bonds. The minimum Gasteiger partial charge on any atom is -0.486 e. The van der Waals surface area contributed by atoms with Crippen LogP contribution in [0.25, 0.3) is 0 Å². The van der Waals surface area contributed by atoms with Crippen LogP contribution in [0.3, 0.4) is 0 Å². The van der Waals surface area contributed by atoms with Crippen LogP contribution in [0.15, 0.2) is 17.0 Å². The summed E-state index contributed by atoms with van der Waals surface area (Å²) in [6.45, 7) is 1.59. The van der Waals surface area contributed by atoms with Gasteiger partial charge in [0.2, 0.25) is 0 Å². The van der Waals surface area contributed by atoms with Crippen LogP contribution in [0, 0.1) is 0 Å². The Hall–Kier alpha value is -0.910. The summed E-state index contributed by atoms with van der Waals surface area (Å²) in [5.74, 6) is 1.54. The molecule has 0 saturated heterocycles. The van der Waals surface area contributed by atoms with Gasteiger partial charge in [0.15, 0.2) is 11.5 Å². The largest absolute Gasteiger partial charge is 0.486 e. The standard InChI is InChI=1S/C10H13NO3S/c1-15-10-5-9-8(13-2-3-14-9)4-7(10)6-11-12/h4-5,11-12H,2-3,6H2,1H3. The Labute approximate surface area is 92.5 Å². The number of hydroxylamine groups is 1. The maximum atomic E-state index is 8.71. The molecule has 5 heteroatoms. The van der Waals surface area contributed by atoms with Crippen LogP contribution in [-0.4, -0.2) is 24.7 Å². The van der Waals surface area contributed by atoms with Crippen LogP contribution in [0.5, 0.6) is 11.5 Å². The van der Waals surface area contributed by atoms with Crippen LogP contribution in [0.2, 0.25) is 0 Å². The van der Waals surface area contributed by atoms with Crippen molar-refractivity contribution in [1.82, 2.24) is 5.48 Å². The van der Waals surface area contributed by atoms with E-state index in [0.717, 1.165) is 22.0 Å². The molecule has 1 aliphatic rings. The maximum Gasteiger partial charge on any atom is 0.162 e. The number of hydrogen-bond donors (Lipinski definition) is 2. The zero-order valence-corrected chi connectivity index (χ0v) is 9.26. The van der Waals surface area contributed by atoms with Gasteiger partial charge in [-0.05, 0) is 24.0 Å².